The molecule has 0 heterocycles. The molecule has 12 nitrogen and oxygen atoms in total. The Kier molecular flexibility index (Phi) is 6.21. The van der Waals surface area contributed by atoms with Gasteiger partial charge in [-0.3, -0.25) is 9.59 Å². The van der Waals surface area contributed by atoms with E-state index in [9.17, 15) is 19.2 Å². The average Bonchev–Trinajstić information content (AvgIpc) is 2.65. The molecule has 0 aliphatic heterocycles. The van der Waals surface area contributed by atoms with Crippen molar-refractivity contribution in [2.24, 2.45) is 32.5 Å². The molecule has 4 amide bonds. The second kappa shape index (κ2) is 8.23. The van der Waals surface area contributed by atoms with Crippen LogP contribution < -0.4 is 22.3 Å². The molecule has 2 unspecified atom stereocenters. The first-order valence-electron chi connectivity index (χ1n) is 8.81. The molecule has 3 saturated carbocycles. The van der Waals surface area contributed by atoms with Crippen molar-refractivity contribution in [3.63, 3.8) is 0 Å². The number of hydrogen-bond donors (Lipinski definition) is 4. The maximum atomic E-state index is 12.8. The summed E-state index contributed by atoms with van der Waals surface area (Å²) in [5, 5.41) is 7.95. The minimum Gasteiger partial charge on any atom is -0.465 e. The van der Waals surface area contributed by atoms with E-state index in [0.717, 1.165) is 0 Å². The number of carbonyl (C=O) groups excluding carboxylic acids is 4. The number of hydrazone groups is 2. The summed E-state index contributed by atoms with van der Waals surface area (Å²) in [6.07, 6.45) is 0.341. The zero-order valence-corrected chi connectivity index (χ0v) is 15.7. The largest absolute Gasteiger partial charge is 0.465 e. The van der Waals surface area contributed by atoms with Crippen LogP contribution in [0.5, 0.6) is 0 Å². The Labute approximate surface area is 161 Å². The molecule has 6 N–H and O–H groups in total. The third-order valence-corrected chi connectivity index (χ3v) is 4.96. The number of primary amides is 2. The van der Waals surface area contributed by atoms with Gasteiger partial charge in [-0.25, -0.2) is 20.4 Å². The maximum Gasteiger partial charge on any atom is 0.332 e. The van der Waals surface area contributed by atoms with Gasteiger partial charge in [0, 0.05) is 12.8 Å². The fraction of sp³-hybridized carbons (Fsp3) is 0.625. The van der Waals surface area contributed by atoms with E-state index in [-0.39, 0.29) is 50.3 Å². The van der Waals surface area contributed by atoms with Crippen LogP contribution in [0.15, 0.2) is 10.2 Å². The SMILES string of the molecule is CCOC(=O)C12CCC(C(=O)OCC)(C/C1=N\NC(N)=O)/C(=N/NC(N)=O)C2. The van der Waals surface area contributed by atoms with Crippen LogP contribution in [0.25, 0.3) is 0 Å². The fourth-order valence-electron chi connectivity index (χ4n) is 3.67. The highest BCUT2D eigenvalue weighted by Gasteiger charge is 2.64. The van der Waals surface area contributed by atoms with Crippen molar-refractivity contribution >= 4 is 35.4 Å². The van der Waals surface area contributed by atoms with Crippen molar-refractivity contribution < 1.29 is 28.7 Å². The number of rotatable bonds is 6. The van der Waals surface area contributed by atoms with Crippen LogP contribution in [-0.4, -0.2) is 48.6 Å². The topological polar surface area (TPSA) is 188 Å². The second-order valence-electron chi connectivity index (χ2n) is 6.53. The monoisotopic (exact) mass is 396 g/mol. The highest BCUT2D eigenvalue weighted by Crippen LogP contribution is 2.55. The summed E-state index contributed by atoms with van der Waals surface area (Å²) in [6, 6.07) is -1.83. The zero-order chi connectivity index (χ0) is 20.9. The molecule has 0 saturated heterocycles. The molecular formula is C16H24N6O6. The lowest BCUT2D eigenvalue weighted by atomic mass is 9.51. The Morgan fingerprint density at radius 1 is 0.857 bits per heavy atom. The Morgan fingerprint density at radius 2 is 1.21 bits per heavy atom. The number of nitrogens with one attached hydrogen (secondary N) is 2. The van der Waals surface area contributed by atoms with Gasteiger partial charge >= 0.3 is 24.0 Å². The van der Waals surface area contributed by atoms with Crippen molar-refractivity contribution in [2.45, 2.75) is 39.5 Å². The number of hydrogen-bond acceptors (Lipinski definition) is 8. The lowest BCUT2D eigenvalue weighted by Crippen LogP contribution is -2.61. The Balaban J connectivity index is 2.56. The Morgan fingerprint density at radius 3 is 1.50 bits per heavy atom. The van der Waals surface area contributed by atoms with Gasteiger partial charge in [0.05, 0.1) is 24.6 Å². The Bertz CT molecular complexity index is 688. The summed E-state index contributed by atoms with van der Waals surface area (Å²) in [7, 11) is 0. The zero-order valence-electron chi connectivity index (χ0n) is 15.7. The normalized spacial score (nSPS) is 28.6. The number of fused-ring (bicyclic) bond motifs is 3. The summed E-state index contributed by atoms with van der Waals surface area (Å²) >= 11 is 0. The van der Waals surface area contributed by atoms with E-state index in [1.165, 1.54) is 0 Å². The molecule has 3 aliphatic carbocycles. The van der Waals surface area contributed by atoms with Crippen LogP contribution in [-0.2, 0) is 19.1 Å². The molecule has 0 aromatic heterocycles. The number of ether oxygens (including phenoxy) is 2. The summed E-state index contributed by atoms with van der Waals surface area (Å²) in [5.74, 6) is -1.13. The van der Waals surface area contributed by atoms with Crippen molar-refractivity contribution in [3.05, 3.63) is 0 Å². The van der Waals surface area contributed by atoms with Gasteiger partial charge in [-0.2, -0.15) is 10.2 Å². The number of nitrogens with zero attached hydrogens (tertiary/aromatic N) is 2. The van der Waals surface area contributed by atoms with Crippen molar-refractivity contribution in [1.29, 1.82) is 0 Å². The summed E-state index contributed by atoms with van der Waals surface area (Å²) in [4.78, 5) is 47.8. The van der Waals surface area contributed by atoms with Crippen LogP contribution in [0.4, 0.5) is 9.59 Å². The van der Waals surface area contributed by atoms with Gasteiger partial charge in [-0.05, 0) is 26.7 Å². The summed E-state index contributed by atoms with van der Waals surface area (Å²) in [6.45, 7) is 3.58. The standard InChI is InChI=1S/C16H24N6O6/c1-3-27-11(23)15-5-6-16(12(24)28-4-2,8-9(15)19-21-13(17)25)10(7-15)20-22-14(18)26/h3-8H2,1-2H3,(H3,17,21,25)(H3,18,22,26)/b19-9+,20-10+. The van der Waals surface area contributed by atoms with Crippen LogP contribution >= 0.6 is 0 Å². The van der Waals surface area contributed by atoms with E-state index in [4.69, 9.17) is 20.9 Å². The molecular weight excluding hydrogens is 372 g/mol. The molecule has 0 radical (unpaired) electrons. The van der Waals surface area contributed by atoms with Crippen molar-refractivity contribution in [1.82, 2.24) is 10.9 Å². The molecule has 12 heteroatoms. The first-order valence-corrected chi connectivity index (χ1v) is 8.81. The van der Waals surface area contributed by atoms with Gasteiger partial charge in [0.1, 0.15) is 10.8 Å². The number of esters is 2. The van der Waals surface area contributed by atoms with E-state index >= 15 is 0 Å². The third kappa shape index (κ3) is 3.75. The number of amides is 4. The molecule has 0 aromatic carbocycles. The molecule has 3 fully saturated rings. The molecule has 154 valence electrons. The van der Waals surface area contributed by atoms with Crippen LogP contribution in [0.1, 0.15) is 39.5 Å². The van der Waals surface area contributed by atoms with E-state index in [1.54, 1.807) is 13.8 Å². The van der Waals surface area contributed by atoms with Gasteiger partial charge in [0.2, 0.25) is 0 Å². The molecule has 2 bridgehead atoms. The van der Waals surface area contributed by atoms with Crippen LogP contribution in [0.3, 0.4) is 0 Å². The summed E-state index contributed by atoms with van der Waals surface area (Å²) in [5.41, 5.74) is 12.4. The maximum absolute atomic E-state index is 12.8. The molecule has 2 atom stereocenters. The molecule has 0 aromatic rings. The van der Waals surface area contributed by atoms with E-state index < -0.39 is 34.8 Å². The Hall–Kier alpha value is -3.18. The quantitative estimate of drug-likeness (QED) is 0.353. The number of urea groups is 2. The van der Waals surface area contributed by atoms with E-state index in [2.05, 4.69) is 21.1 Å². The predicted octanol–water partition coefficient (Wildman–Crippen LogP) is -0.278. The molecule has 3 aliphatic rings. The molecule has 28 heavy (non-hydrogen) atoms. The number of nitrogens with two attached hydrogens (primary N) is 2. The van der Waals surface area contributed by atoms with E-state index in [1.807, 2.05) is 0 Å². The van der Waals surface area contributed by atoms with Gasteiger partial charge < -0.3 is 20.9 Å². The second-order valence-corrected chi connectivity index (χ2v) is 6.53. The highest BCUT2D eigenvalue weighted by atomic mass is 16.5. The lowest BCUT2D eigenvalue weighted by molar-refractivity contribution is -0.159. The number of carbonyl (C=O) groups is 4. The predicted molar refractivity (Wildman–Crippen MR) is 96.9 cm³/mol. The molecule has 0 spiro atoms. The minimum absolute atomic E-state index is 0.0514. The van der Waals surface area contributed by atoms with Gasteiger partial charge in [0.25, 0.3) is 0 Å². The van der Waals surface area contributed by atoms with Crippen molar-refractivity contribution in [3.8, 4) is 0 Å². The first-order chi connectivity index (χ1) is 13.2. The third-order valence-electron chi connectivity index (χ3n) is 4.96. The van der Waals surface area contributed by atoms with Crippen LogP contribution in [0.2, 0.25) is 0 Å². The van der Waals surface area contributed by atoms with Crippen molar-refractivity contribution in [2.75, 3.05) is 13.2 Å². The minimum atomic E-state index is -1.25. The summed E-state index contributed by atoms with van der Waals surface area (Å²) < 4.78 is 10.4. The van der Waals surface area contributed by atoms with Gasteiger partial charge in [-0.15, -0.1) is 0 Å². The fourth-order valence-corrected chi connectivity index (χ4v) is 3.67. The average molecular weight is 396 g/mol. The highest BCUT2D eigenvalue weighted by molar-refractivity contribution is 6.22. The molecule has 3 rings (SSSR count). The lowest BCUT2D eigenvalue weighted by Gasteiger charge is -2.50. The van der Waals surface area contributed by atoms with E-state index in [0.29, 0.717) is 0 Å². The van der Waals surface area contributed by atoms with Gasteiger partial charge in [-0.1, -0.05) is 0 Å². The first kappa shape index (κ1) is 21.1. The van der Waals surface area contributed by atoms with Gasteiger partial charge in [0.15, 0.2) is 0 Å². The van der Waals surface area contributed by atoms with Crippen LogP contribution in [0, 0.1) is 10.8 Å². The smallest absolute Gasteiger partial charge is 0.332 e.